The van der Waals surface area contributed by atoms with Crippen LogP contribution in [0.2, 0.25) is 0 Å². The summed E-state index contributed by atoms with van der Waals surface area (Å²) in [5.74, 6) is 5.28. The predicted octanol–water partition coefficient (Wildman–Crippen LogP) is 2.53. The maximum Gasteiger partial charge on any atom is 0.163 e. The van der Waals surface area contributed by atoms with Crippen molar-refractivity contribution in [3.63, 3.8) is 0 Å². The van der Waals surface area contributed by atoms with Gasteiger partial charge in [0.25, 0.3) is 0 Å². The summed E-state index contributed by atoms with van der Waals surface area (Å²) in [6, 6.07) is 2.78. The monoisotopic (exact) mass is 246 g/mol. The molecule has 0 saturated carbocycles. The molecule has 1 rings (SSSR count). The minimum atomic E-state index is -0.806. The van der Waals surface area contributed by atoms with Gasteiger partial charge in [-0.15, -0.1) is 0 Å². The van der Waals surface area contributed by atoms with Gasteiger partial charge in [0.1, 0.15) is 0 Å². The average Bonchev–Trinajstić information content (AvgIpc) is 2.29. The van der Waals surface area contributed by atoms with Crippen LogP contribution in [0.15, 0.2) is 12.1 Å². The molecule has 0 amide bonds. The molecule has 0 saturated heterocycles. The number of aryl methyl sites for hydroxylation is 1. The molecule has 1 atom stereocenters. The Morgan fingerprint density at radius 3 is 2.62 bits per heavy atom. The number of nitrogens with one attached hydrogen (secondary N) is 1. The molecule has 1 unspecified atom stereocenters. The molecular formula is C11H16F2N2S. The first-order valence-corrected chi connectivity index (χ1v) is 6.25. The molecule has 0 bridgehead atoms. The van der Waals surface area contributed by atoms with Gasteiger partial charge in [-0.25, -0.2) is 8.78 Å². The van der Waals surface area contributed by atoms with Crippen LogP contribution in [0.4, 0.5) is 8.78 Å². The van der Waals surface area contributed by atoms with Crippen LogP contribution < -0.4 is 11.3 Å². The number of hydrogen-bond donors (Lipinski definition) is 2. The molecule has 2 nitrogen and oxygen atoms in total. The molecule has 0 heterocycles. The third-order valence-corrected chi connectivity index (χ3v) is 3.35. The molecular weight excluding hydrogens is 230 g/mol. The van der Waals surface area contributed by atoms with Gasteiger partial charge in [0, 0.05) is 11.3 Å². The highest BCUT2D eigenvalue weighted by atomic mass is 32.2. The lowest BCUT2D eigenvalue weighted by Crippen LogP contribution is -2.30. The van der Waals surface area contributed by atoms with Crippen LogP contribution >= 0.6 is 11.8 Å². The van der Waals surface area contributed by atoms with Crippen LogP contribution in [0.25, 0.3) is 0 Å². The summed E-state index contributed by atoms with van der Waals surface area (Å²) < 4.78 is 27.0. The third-order valence-electron chi connectivity index (χ3n) is 2.37. The molecule has 90 valence electrons. The normalized spacial score (nSPS) is 12.8. The SMILES string of the molecule is CCSCC(NN)c1ccc(C)c(F)c1F. The Labute approximate surface area is 98.6 Å². The van der Waals surface area contributed by atoms with Gasteiger partial charge in [0.15, 0.2) is 11.6 Å². The topological polar surface area (TPSA) is 38.0 Å². The van der Waals surface area contributed by atoms with Gasteiger partial charge in [-0.3, -0.25) is 11.3 Å². The molecule has 1 aromatic rings. The largest absolute Gasteiger partial charge is 0.271 e. The molecule has 0 fully saturated rings. The Hall–Kier alpha value is -0.650. The molecule has 0 spiro atoms. The second kappa shape index (κ2) is 6.18. The van der Waals surface area contributed by atoms with E-state index >= 15 is 0 Å². The standard InChI is InChI=1S/C11H16F2N2S/c1-3-16-6-9(15-14)8-5-4-7(2)10(12)11(8)13/h4-5,9,15H,3,6,14H2,1-2H3. The first-order chi connectivity index (χ1) is 7.61. The van der Waals surface area contributed by atoms with E-state index in [2.05, 4.69) is 5.43 Å². The average molecular weight is 246 g/mol. The Morgan fingerprint density at radius 1 is 1.38 bits per heavy atom. The number of halogens is 2. The second-order valence-electron chi connectivity index (χ2n) is 3.48. The van der Waals surface area contributed by atoms with E-state index in [1.165, 1.54) is 6.92 Å². The summed E-state index contributed by atoms with van der Waals surface area (Å²) in [5.41, 5.74) is 3.10. The number of hydrogen-bond acceptors (Lipinski definition) is 3. The zero-order valence-electron chi connectivity index (χ0n) is 9.39. The molecule has 3 N–H and O–H groups in total. The Kier molecular flexibility index (Phi) is 5.18. The van der Waals surface area contributed by atoms with E-state index in [4.69, 9.17) is 5.84 Å². The Bertz CT molecular complexity index is 358. The van der Waals surface area contributed by atoms with Crippen molar-refractivity contribution < 1.29 is 8.78 Å². The molecule has 0 aliphatic heterocycles. The second-order valence-corrected chi connectivity index (χ2v) is 4.80. The molecule has 16 heavy (non-hydrogen) atoms. The number of nitrogens with two attached hydrogens (primary N) is 1. The lowest BCUT2D eigenvalue weighted by Gasteiger charge is -2.17. The summed E-state index contributed by atoms with van der Waals surface area (Å²) in [6.45, 7) is 3.54. The third kappa shape index (κ3) is 2.93. The highest BCUT2D eigenvalue weighted by Gasteiger charge is 2.18. The van der Waals surface area contributed by atoms with Gasteiger partial charge in [-0.05, 0) is 18.2 Å². The van der Waals surface area contributed by atoms with E-state index < -0.39 is 11.6 Å². The number of rotatable bonds is 5. The van der Waals surface area contributed by atoms with Gasteiger partial charge in [0.05, 0.1) is 6.04 Å². The van der Waals surface area contributed by atoms with E-state index in [1.807, 2.05) is 6.92 Å². The van der Waals surface area contributed by atoms with Crippen LogP contribution in [0.1, 0.15) is 24.1 Å². The quantitative estimate of drug-likeness (QED) is 0.619. The van der Waals surface area contributed by atoms with Crippen LogP contribution in [0.5, 0.6) is 0 Å². The minimum absolute atomic E-state index is 0.284. The minimum Gasteiger partial charge on any atom is -0.271 e. The maximum atomic E-state index is 13.6. The first kappa shape index (κ1) is 13.4. The molecule has 5 heteroatoms. The van der Waals surface area contributed by atoms with E-state index in [1.54, 1.807) is 23.9 Å². The summed E-state index contributed by atoms with van der Waals surface area (Å²) in [4.78, 5) is 0. The number of hydrazine groups is 1. The fourth-order valence-corrected chi connectivity index (χ4v) is 2.14. The van der Waals surface area contributed by atoms with Crippen molar-refractivity contribution in [3.05, 3.63) is 34.9 Å². The molecule has 0 aromatic heterocycles. The van der Waals surface area contributed by atoms with Crippen LogP contribution in [-0.4, -0.2) is 11.5 Å². The summed E-state index contributed by atoms with van der Waals surface area (Å²) >= 11 is 1.62. The Morgan fingerprint density at radius 2 is 2.06 bits per heavy atom. The zero-order chi connectivity index (χ0) is 12.1. The van der Waals surface area contributed by atoms with Crippen molar-refractivity contribution in [3.8, 4) is 0 Å². The van der Waals surface area contributed by atoms with Gasteiger partial charge >= 0.3 is 0 Å². The molecule has 1 aromatic carbocycles. The molecule has 0 radical (unpaired) electrons. The summed E-state index contributed by atoms with van der Waals surface area (Å²) in [5, 5.41) is 0. The molecule has 0 aliphatic rings. The van der Waals surface area contributed by atoms with Gasteiger partial charge in [0.2, 0.25) is 0 Å². The van der Waals surface area contributed by atoms with Crippen LogP contribution in [-0.2, 0) is 0 Å². The smallest absolute Gasteiger partial charge is 0.163 e. The van der Waals surface area contributed by atoms with Gasteiger partial charge in [-0.2, -0.15) is 11.8 Å². The summed E-state index contributed by atoms with van der Waals surface area (Å²) in [6.07, 6.45) is 0. The highest BCUT2D eigenvalue weighted by molar-refractivity contribution is 7.99. The predicted molar refractivity (Wildman–Crippen MR) is 64.2 cm³/mol. The van der Waals surface area contributed by atoms with E-state index in [9.17, 15) is 8.78 Å². The first-order valence-electron chi connectivity index (χ1n) is 5.10. The number of thioether (sulfide) groups is 1. The van der Waals surface area contributed by atoms with Crippen molar-refractivity contribution in [2.75, 3.05) is 11.5 Å². The lowest BCUT2D eigenvalue weighted by molar-refractivity contribution is 0.474. The van der Waals surface area contributed by atoms with Crippen molar-refractivity contribution in [2.45, 2.75) is 19.9 Å². The van der Waals surface area contributed by atoms with Crippen molar-refractivity contribution in [1.29, 1.82) is 0 Å². The van der Waals surface area contributed by atoms with Crippen LogP contribution in [0, 0.1) is 18.6 Å². The zero-order valence-corrected chi connectivity index (χ0v) is 10.2. The maximum absolute atomic E-state index is 13.6. The van der Waals surface area contributed by atoms with Crippen molar-refractivity contribution in [2.24, 2.45) is 5.84 Å². The fourth-order valence-electron chi connectivity index (χ4n) is 1.39. The highest BCUT2D eigenvalue weighted by Crippen LogP contribution is 2.23. The number of benzene rings is 1. The van der Waals surface area contributed by atoms with E-state index in [-0.39, 0.29) is 11.6 Å². The fraction of sp³-hybridized carbons (Fsp3) is 0.455. The van der Waals surface area contributed by atoms with Crippen molar-refractivity contribution in [1.82, 2.24) is 5.43 Å². The van der Waals surface area contributed by atoms with Crippen LogP contribution in [0.3, 0.4) is 0 Å². The summed E-state index contributed by atoms with van der Waals surface area (Å²) in [7, 11) is 0. The van der Waals surface area contributed by atoms with Gasteiger partial charge in [-0.1, -0.05) is 19.1 Å². The van der Waals surface area contributed by atoms with Crippen molar-refractivity contribution >= 4 is 11.8 Å². The Balaban J connectivity index is 2.96. The van der Waals surface area contributed by atoms with E-state index in [0.29, 0.717) is 11.3 Å². The molecule has 0 aliphatic carbocycles. The van der Waals surface area contributed by atoms with Gasteiger partial charge < -0.3 is 0 Å². The lowest BCUT2D eigenvalue weighted by atomic mass is 10.1. The van der Waals surface area contributed by atoms with E-state index in [0.717, 1.165) is 5.75 Å².